The third-order valence-electron chi connectivity index (χ3n) is 4.02. The molecule has 0 bridgehead atoms. The Balaban J connectivity index is 2.46. The van der Waals surface area contributed by atoms with Gasteiger partial charge in [-0.2, -0.15) is 0 Å². The van der Waals surface area contributed by atoms with Crippen LogP contribution in [0.15, 0.2) is 30.3 Å². The number of rotatable bonds is 10. The Kier molecular flexibility index (Phi) is 8.26. The van der Waals surface area contributed by atoms with E-state index in [9.17, 15) is 9.59 Å². The third-order valence-corrected chi connectivity index (χ3v) is 4.02. The van der Waals surface area contributed by atoms with Crippen LogP contribution >= 0.6 is 0 Å². The Morgan fingerprint density at radius 1 is 1.14 bits per heavy atom. The summed E-state index contributed by atoms with van der Waals surface area (Å²) in [5.41, 5.74) is 1.06. The van der Waals surface area contributed by atoms with Gasteiger partial charge >= 0.3 is 5.97 Å². The average Bonchev–Trinajstić information content (AvgIpc) is 2.51. The van der Waals surface area contributed by atoms with Crippen LogP contribution in [0.5, 0.6) is 0 Å². The molecule has 4 nitrogen and oxygen atoms in total. The van der Waals surface area contributed by atoms with Gasteiger partial charge < -0.3 is 10.4 Å². The molecular weight excluding hydrogens is 278 g/mol. The molecule has 122 valence electrons. The van der Waals surface area contributed by atoms with Crippen LogP contribution in [0.4, 0.5) is 0 Å². The summed E-state index contributed by atoms with van der Waals surface area (Å²) in [5.74, 6) is -0.525. The van der Waals surface area contributed by atoms with E-state index in [4.69, 9.17) is 5.11 Å². The monoisotopic (exact) mass is 305 g/mol. The van der Waals surface area contributed by atoms with Crippen LogP contribution in [0.25, 0.3) is 0 Å². The minimum atomic E-state index is -0.759. The van der Waals surface area contributed by atoms with Crippen LogP contribution in [0.1, 0.15) is 57.4 Å². The Morgan fingerprint density at radius 3 is 2.41 bits per heavy atom. The Bertz CT molecular complexity index is 459. The number of carboxylic acids is 1. The lowest BCUT2D eigenvalue weighted by molar-refractivity contribution is -0.137. The van der Waals surface area contributed by atoms with E-state index in [2.05, 4.69) is 19.2 Å². The van der Waals surface area contributed by atoms with Gasteiger partial charge in [-0.3, -0.25) is 9.59 Å². The molecule has 1 aromatic carbocycles. The zero-order valence-electron chi connectivity index (χ0n) is 13.5. The number of nitrogens with one attached hydrogen (secondary N) is 1. The van der Waals surface area contributed by atoms with Crippen molar-refractivity contribution < 1.29 is 14.7 Å². The summed E-state index contributed by atoms with van der Waals surface area (Å²) < 4.78 is 0. The fraction of sp³-hybridized carbons (Fsp3) is 0.556. The molecule has 0 spiro atoms. The average molecular weight is 305 g/mol. The number of benzene rings is 1. The lowest BCUT2D eigenvalue weighted by atomic mass is 9.85. The SMILES string of the molecule is CCC(C)C(C(=O)NCCCCCC(=O)O)c1ccccc1. The van der Waals surface area contributed by atoms with Gasteiger partial charge in [-0.05, 0) is 24.3 Å². The molecule has 2 unspecified atom stereocenters. The van der Waals surface area contributed by atoms with Crippen LogP contribution in [0.3, 0.4) is 0 Å². The minimum absolute atomic E-state index is 0.0683. The summed E-state index contributed by atoms with van der Waals surface area (Å²) in [7, 11) is 0. The van der Waals surface area contributed by atoms with E-state index < -0.39 is 5.97 Å². The summed E-state index contributed by atoms with van der Waals surface area (Å²) >= 11 is 0. The van der Waals surface area contributed by atoms with Crippen molar-refractivity contribution in [3.8, 4) is 0 Å². The molecular formula is C18H27NO3. The summed E-state index contributed by atoms with van der Waals surface area (Å²) in [6.07, 6.45) is 3.46. The van der Waals surface area contributed by atoms with E-state index in [1.807, 2.05) is 30.3 Å². The molecule has 22 heavy (non-hydrogen) atoms. The fourth-order valence-corrected chi connectivity index (χ4v) is 2.53. The summed E-state index contributed by atoms with van der Waals surface area (Å²) in [5, 5.41) is 11.6. The number of aliphatic carboxylic acids is 1. The molecule has 2 N–H and O–H groups in total. The molecule has 1 rings (SSSR count). The zero-order chi connectivity index (χ0) is 16.4. The number of amides is 1. The lowest BCUT2D eigenvalue weighted by Crippen LogP contribution is -2.33. The summed E-state index contributed by atoms with van der Waals surface area (Å²) in [4.78, 5) is 22.9. The highest BCUT2D eigenvalue weighted by Gasteiger charge is 2.25. The van der Waals surface area contributed by atoms with E-state index in [0.717, 1.165) is 24.8 Å². The van der Waals surface area contributed by atoms with Gasteiger partial charge in [0.1, 0.15) is 0 Å². The molecule has 2 atom stereocenters. The van der Waals surface area contributed by atoms with Crippen molar-refractivity contribution in [2.45, 2.75) is 51.9 Å². The highest BCUT2D eigenvalue weighted by molar-refractivity contribution is 5.83. The number of hydrogen-bond donors (Lipinski definition) is 2. The predicted molar refractivity (Wildman–Crippen MR) is 87.8 cm³/mol. The first-order valence-electron chi connectivity index (χ1n) is 8.10. The van der Waals surface area contributed by atoms with E-state index in [1.165, 1.54) is 0 Å². The molecule has 0 fully saturated rings. The molecule has 0 saturated carbocycles. The maximum absolute atomic E-state index is 12.5. The Hall–Kier alpha value is -1.84. The van der Waals surface area contributed by atoms with Gasteiger partial charge in [-0.15, -0.1) is 0 Å². The van der Waals surface area contributed by atoms with Gasteiger partial charge in [-0.25, -0.2) is 0 Å². The number of carboxylic acid groups (broad SMARTS) is 1. The quantitative estimate of drug-likeness (QED) is 0.649. The maximum Gasteiger partial charge on any atom is 0.303 e. The molecule has 1 amide bonds. The van der Waals surface area contributed by atoms with Gasteiger partial charge in [-0.1, -0.05) is 57.0 Å². The van der Waals surface area contributed by atoms with Crippen molar-refractivity contribution in [2.24, 2.45) is 5.92 Å². The van der Waals surface area contributed by atoms with Crippen molar-refractivity contribution in [2.75, 3.05) is 6.54 Å². The van der Waals surface area contributed by atoms with Gasteiger partial charge in [0.2, 0.25) is 5.91 Å². The number of carbonyl (C=O) groups excluding carboxylic acids is 1. The van der Waals surface area contributed by atoms with E-state index in [1.54, 1.807) is 0 Å². The van der Waals surface area contributed by atoms with Gasteiger partial charge in [0.15, 0.2) is 0 Å². The van der Waals surface area contributed by atoms with Crippen molar-refractivity contribution in [1.82, 2.24) is 5.32 Å². The zero-order valence-corrected chi connectivity index (χ0v) is 13.5. The first-order chi connectivity index (χ1) is 10.6. The highest BCUT2D eigenvalue weighted by Crippen LogP contribution is 2.27. The first-order valence-corrected chi connectivity index (χ1v) is 8.10. The Morgan fingerprint density at radius 2 is 1.82 bits per heavy atom. The van der Waals surface area contributed by atoms with Gasteiger partial charge in [0.05, 0.1) is 5.92 Å². The molecule has 0 heterocycles. The molecule has 0 saturated heterocycles. The number of hydrogen-bond acceptors (Lipinski definition) is 2. The predicted octanol–water partition coefficient (Wildman–Crippen LogP) is 3.58. The van der Waals surface area contributed by atoms with Crippen LogP contribution < -0.4 is 5.32 Å². The van der Waals surface area contributed by atoms with Crippen LogP contribution in [0.2, 0.25) is 0 Å². The second-order valence-electron chi connectivity index (χ2n) is 5.77. The topological polar surface area (TPSA) is 66.4 Å². The summed E-state index contributed by atoms with van der Waals surface area (Å²) in [6, 6.07) is 9.89. The fourth-order valence-electron chi connectivity index (χ4n) is 2.53. The highest BCUT2D eigenvalue weighted by atomic mass is 16.4. The molecule has 0 aliphatic heterocycles. The van der Waals surface area contributed by atoms with E-state index >= 15 is 0 Å². The second kappa shape index (κ2) is 9.98. The molecule has 0 aliphatic carbocycles. The number of unbranched alkanes of at least 4 members (excludes halogenated alkanes) is 2. The minimum Gasteiger partial charge on any atom is -0.481 e. The third kappa shape index (κ3) is 6.29. The molecule has 1 aromatic rings. The van der Waals surface area contributed by atoms with Crippen molar-refractivity contribution in [3.05, 3.63) is 35.9 Å². The Labute approximate surface area is 132 Å². The lowest BCUT2D eigenvalue weighted by Gasteiger charge is -2.22. The van der Waals surface area contributed by atoms with Crippen LogP contribution in [-0.4, -0.2) is 23.5 Å². The smallest absolute Gasteiger partial charge is 0.303 e. The van der Waals surface area contributed by atoms with E-state index in [0.29, 0.717) is 13.0 Å². The number of carbonyl (C=O) groups is 2. The normalized spacial score (nSPS) is 13.4. The molecule has 0 radical (unpaired) electrons. The molecule has 0 aliphatic rings. The van der Waals surface area contributed by atoms with E-state index in [-0.39, 0.29) is 24.2 Å². The van der Waals surface area contributed by atoms with Gasteiger partial charge in [0, 0.05) is 13.0 Å². The largest absolute Gasteiger partial charge is 0.481 e. The maximum atomic E-state index is 12.5. The van der Waals surface area contributed by atoms with Crippen molar-refractivity contribution >= 4 is 11.9 Å². The summed E-state index contributed by atoms with van der Waals surface area (Å²) in [6.45, 7) is 4.81. The van der Waals surface area contributed by atoms with Gasteiger partial charge in [0.25, 0.3) is 0 Å². The first kappa shape index (κ1) is 18.2. The second-order valence-corrected chi connectivity index (χ2v) is 5.77. The standard InChI is InChI=1S/C18H27NO3/c1-3-14(2)17(15-10-6-4-7-11-15)18(22)19-13-9-5-8-12-16(20)21/h4,6-7,10-11,14,17H,3,5,8-9,12-13H2,1-2H3,(H,19,22)(H,20,21). The molecule has 0 aromatic heterocycles. The molecule has 4 heteroatoms. The van der Waals surface area contributed by atoms with Crippen molar-refractivity contribution in [1.29, 1.82) is 0 Å². The van der Waals surface area contributed by atoms with Crippen molar-refractivity contribution in [3.63, 3.8) is 0 Å². The van der Waals surface area contributed by atoms with Crippen LogP contribution in [-0.2, 0) is 9.59 Å². The van der Waals surface area contributed by atoms with Crippen LogP contribution in [0, 0.1) is 5.92 Å².